The Morgan fingerprint density at radius 2 is 2.00 bits per heavy atom. The fraction of sp³-hybridized carbons (Fsp3) is 0.154. The zero-order chi connectivity index (χ0) is 14.6. The van der Waals surface area contributed by atoms with Crippen molar-refractivity contribution in [2.24, 2.45) is 0 Å². The Morgan fingerprint density at radius 1 is 1.20 bits per heavy atom. The second kappa shape index (κ2) is 6.13. The molecule has 2 rings (SSSR count). The van der Waals surface area contributed by atoms with Gasteiger partial charge in [0.25, 0.3) is 0 Å². The summed E-state index contributed by atoms with van der Waals surface area (Å²) < 4.78 is 40.9. The Bertz CT molecular complexity index is 590. The fourth-order valence-corrected chi connectivity index (χ4v) is 1.96. The Kier molecular flexibility index (Phi) is 4.49. The third-order valence-corrected chi connectivity index (χ3v) is 3.01. The maximum Gasteiger partial charge on any atom is 0.573 e. The highest BCUT2D eigenvalue weighted by Gasteiger charge is 2.31. The summed E-state index contributed by atoms with van der Waals surface area (Å²) in [5, 5.41) is 3.07. The standard InChI is InChI=1S/C13H10BrF3N2O/c14-12-11(5-2-6-18-12)19-8-9-3-1-4-10(7-9)20-13(15,16)17/h1-7,19H,8H2. The quantitative estimate of drug-likeness (QED) is 0.835. The number of hydrogen-bond donors (Lipinski definition) is 1. The van der Waals surface area contributed by atoms with E-state index >= 15 is 0 Å². The van der Waals surface area contributed by atoms with E-state index in [9.17, 15) is 13.2 Å². The molecule has 1 aromatic carbocycles. The summed E-state index contributed by atoms with van der Waals surface area (Å²) >= 11 is 3.28. The molecule has 0 fully saturated rings. The molecule has 1 aromatic heterocycles. The van der Waals surface area contributed by atoms with E-state index in [1.807, 2.05) is 6.07 Å². The van der Waals surface area contributed by atoms with Crippen molar-refractivity contribution in [3.63, 3.8) is 0 Å². The lowest BCUT2D eigenvalue weighted by molar-refractivity contribution is -0.274. The number of rotatable bonds is 4. The van der Waals surface area contributed by atoms with Gasteiger partial charge in [-0.3, -0.25) is 0 Å². The summed E-state index contributed by atoms with van der Waals surface area (Å²) in [4.78, 5) is 4.04. The average molecular weight is 347 g/mol. The molecular formula is C13H10BrF3N2O. The Balaban J connectivity index is 2.03. The number of halogens is 4. The predicted molar refractivity (Wildman–Crippen MR) is 72.4 cm³/mol. The minimum Gasteiger partial charge on any atom is -0.406 e. The van der Waals surface area contributed by atoms with Gasteiger partial charge in [0.1, 0.15) is 10.4 Å². The lowest BCUT2D eigenvalue weighted by Gasteiger charge is -2.11. The number of benzene rings is 1. The summed E-state index contributed by atoms with van der Waals surface area (Å²) in [6.45, 7) is 0.360. The van der Waals surface area contributed by atoms with Crippen molar-refractivity contribution in [2.75, 3.05) is 5.32 Å². The molecule has 3 nitrogen and oxygen atoms in total. The number of hydrogen-bond acceptors (Lipinski definition) is 3. The van der Waals surface area contributed by atoms with Crippen LogP contribution < -0.4 is 10.1 Å². The summed E-state index contributed by atoms with van der Waals surface area (Å²) in [7, 11) is 0. The summed E-state index contributed by atoms with van der Waals surface area (Å²) in [6.07, 6.45) is -3.05. The van der Waals surface area contributed by atoms with Crippen molar-refractivity contribution in [3.8, 4) is 5.75 Å². The van der Waals surface area contributed by atoms with Crippen LogP contribution in [0.3, 0.4) is 0 Å². The lowest BCUT2D eigenvalue weighted by Crippen LogP contribution is -2.17. The van der Waals surface area contributed by atoms with Gasteiger partial charge in [0.2, 0.25) is 0 Å². The van der Waals surface area contributed by atoms with Gasteiger partial charge in [-0.1, -0.05) is 12.1 Å². The van der Waals surface area contributed by atoms with Gasteiger partial charge in [-0.05, 0) is 45.8 Å². The highest BCUT2D eigenvalue weighted by Crippen LogP contribution is 2.24. The zero-order valence-corrected chi connectivity index (χ0v) is 11.7. The van der Waals surface area contributed by atoms with E-state index in [1.54, 1.807) is 18.3 Å². The monoisotopic (exact) mass is 346 g/mol. The van der Waals surface area contributed by atoms with Crippen LogP contribution in [0.5, 0.6) is 5.75 Å². The molecule has 0 spiro atoms. The van der Waals surface area contributed by atoms with Crippen LogP contribution >= 0.6 is 15.9 Å². The molecule has 0 amide bonds. The van der Waals surface area contributed by atoms with E-state index in [-0.39, 0.29) is 5.75 Å². The minimum absolute atomic E-state index is 0.234. The summed E-state index contributed by atoms with van der Waals surface area (Å²) in [5.41, 5.74) is 1.43. The number of anilines is 1. The van der Waals surface area contributed by atoms with Gasteiger partial charge in [-0.2, -0.15) is 0 Å². The third kappa shape index (κ3) is 4.41. The van der Waals surface area contributed by atoms with Gasteiger partial charge >= 0.3 is 6.36 Å². The molecular weight excluding hydrogens is 337 g/mol. The molecule has 0 saturated heterocycles. The second-order valence-corrected chi connectivity index (χ2v) is 4.64. The molecule has 0 atom stereocenters. The van der Waals surface area contributed by atoms with Crippen LogP contribution in [0.2, 0.25) is 0 Å². The first-order chi connectivity index (χ1) is 9.44. The zero-order valence-electron chi connectivity index (χ0n) is 10.1. The van der Waals surface area contributed by atoms with E-state index in [2.05, 4.69) is 31.0 Å². The van der Waals surface area contributed by atoms with Crippen LogP contribution in [0.4, 0.5) is 18.9 Å². The maximum absolute atomic E-state index is 12.1. The highest BCUT2D eigenvalue weighted by molar-refractivity contribution is 9.10. The van der Waals surface area contributed by atoms with Gasteiger partial charge in [0.15, 0.2) is 0 Å². The Hall–Kier alpha value is -1.76. The van der Waals surface area contributed by atoms with E-state index in [1.165, 1.54) is 18.2 Å². The van der Waals surface area contributed by atoms with Gasteiger partial charge in [0.05, 0.1) is 5.69 Å². The van der Waals surface area contributed by atoms with Gasteiger partial charge in [0, 0.05) is 12.7 Å². The van der Waals surface area contributed by atoms with Gasteiger partial charge in [-0.15, -0.1) is 13.2 Å². The molecule has 1 N–H and O–H groups in total. The molecule has 0 aliphatic rings. The molecule has 0 aliphatic carbocycles. The molecule has 2 aromatic rings. The number of pyridine rings is 1. The number of alkyl halides is 3. The second-order valence-electron chi connectivity index (χ2n) is 3.89. The predicted octanol–water partition coefficient (Wildman–Crippen LogP) is 4.35. The van der Waals surface area contributed by atoms with E-state index in [0.717, 1.165) is 5.69 Å². The van der Waals surface area contributed by atoms with E-state index in [0.29, 0.717) is 16.7 Å². The molecule has 0 unspecified atom stereocenters. The lowest BCUT2D eigenvalue weighted by atomic mass is 10.2. The van der Waals surface area contributed by atoms with Crippen LogP contribution in [0.25, 0.3) is 0 Å². The van der Waals surface area contributed by atoms with E-state index in [4.69, 9.17) is 0 Å². The summed E-state index contributed by atoms with van der Waals surface area (Å²) in [6, 6.07) is 9.39. The van der Waals surface area contributed by atoms with Gasteiger partial charge < -0.3 is 10.1 Å². The molecule has 1 heterocycles. The van der Waals surface area contributed by atoms with Crippen molar-refractivity contribution < 1.29 is 17.9 Å². The number of nitrogens with zero attached hydrogens (tertiary/aromatic N) is 1. The molecule has 7 heteroatoms. The van der Waals surface area contributed by atoms with Crippen molar-refractivity contribution in [1.82, 2.24) is 4.98 Å². The first-order valence-corrected chi connectivity index (χ1v) is 6.42. The molecule has 20 heavy (non-hydrogen) atoms. The van der Waals surface area contributed by atoms with Crippen LogP contribution in [0.1, 0.15) is 5.56 Å². The van der Waals surface area contributed by atoms with Crippen molar-refractivity contribution in [2.45, 2.75) is 12.9 Å². The molecule has 106 valence electrons. The normalized spacial score (nSPS) is 11.2. The molecule has 0 aliphatic heterocycles. The topological polar surface area (TPSA) is 34.1 Å². The van der Waals surface area contributed by atoms with Crippen molar-refractivity contribution in [1.29, 1.82) is 0 Å². The number of ether oxygens (including phenoxy) is 1. The third-order valence-electron chi connectivity index (χ3n) is 2.37. The molecule has 0 bridgehead atoms. The van der Waals surface area contributed by atoms with Crippen LogP contribution in [0, 0.1) is 0 Å². The smallest absolute Gasteiger partial charge is 0.406 e. The first-order valence-electron chi connectivity index (χ1n) is 5.63. The molecule has 0 radical (unpaired) electrons. The number of nitrogens with one attached hydrogen (secondary N) is 1. The first kappa shape index (κ1) is 14.6. The average Bonchev–Trinajstić information content (AvgIpc) is 2.36. The Labute approximate surface area is 121 Å². The highest BCUT2D eigenvalue weighted by atomic mass is 79.9. The largest absolute Gasteiger partial charge is 0.573 e. The van der Waals surface area contributed by atoms with E-state index < -0.39 is 6.36 Å². The SMILES string of the molecule is FC(F)(F)Oc1cccc(CNc2cccnc2Br)c1. The minimum atomic E-state index is -4.68. The van der Waals surface area contributed by atoms with Crippen LogP contribution in [-0.2, 0) is 6.54 Å². The van der Waals surface area contributed by atoms with Crippen LogP contribution in [0.15, 0.2) is 47.2 Å². The van der Waals surface area contributed by atoms with Crippen molar-refractivity contribution in [3.05, 3.63) is 52.8 Å². The number of aromatic nitrogens is 1. The van der Waals surface area contributed by atoms with Gasteiger partial charge in [-0.25, -0.2) is 4.98 Å². The maximum atomic E-state index is 12.1. The summed E-state index contributed by atoms with van der Waals surface area (Å²) in [5.74, 6) is -0.234. The Morgan fingerprint density at radius 3 is 2.70 bits per heavy atom. The van der Waals surface area contributed by atoms with Crippen molar-refractivity contribution >= 4 is 21.6 Å². The van der Waals surface area contributed by atoms with Crippen LogP contribution in [-0.4, -0.2) is 11.3 Å². The fourth-order valence-electron chi connectivity index (χ4n) is 1.57. The molecule has 0 saturated carbocycles.